The Kier molecular flexibility index (Phi) is 2.70. The molecule has 1 aliphatic heterocycles. The molecule has 3 rings (SSSR count). The summed E-state index contributed by atoms with van der Waals surface area (Å²) in [6.45, 7) is 2.90. The van der Waals surface area contributed by atoms with E-state index in [4.69, 9.17) is 14.0 Å². The highest BCUT2D eigenvalue weighted by Crippen LogP contribution is 2.23. The fourth-order valence-corrected chi connectivity index (χ4v) is 2.07. The average Bonchev–Trinajstić information content (AvgIpc) is 2.92. The van der Waals surface area contributed by atoms with Gasteiger partial charge in [-0.2, -0.15) is 0 Å². The monoisotopic (exact) mass is 234 g/mol. The van der Waals surface area contributed by atoms with E-state index in [0.717, 1.165) is 25.3 Å². The van der Waals surface area contributed by atoms with Crippen LogP contribution in [-0.4, -0.2) is 34.9 Å². The molecule has 5 nitrogen and oxygen atoms in total. The number of hydrogen-bond donors (Lipinski definition) is 1. The molecule has 1 aliphatic rings. The first kappa shape index (κ1) is 10.6. The minimum absolute atomic E-state index is 0.271. The van der Waals surface area contributed by atoms with E-state index in [1.807, 2.05) is 18.2 Å². The summed E-state index contributed by atoms with van der Waals surface area (Å²) in [7, 11) is 0. The molecule has 0 aliphatic carbocycles. The normalized spacial score (nSPS) is 17.2. The highest BCUT2D eigenvalue weighted by atomic mass is 16.5. The molecule has 2 aromatic heterocycles. The number of hydrogen-bond acceptors (Lipinski definition) is 5. The standard InChI is InChI=1S/C12H14N2O3/c15-8-9-5-14(6-9)7-10-4-12(17-13-10)11-2-1-3-16-11/h1-4,9,15H,5-8H2. The Balaban J connectivity index is 1.62. The third kappa shape index (κ3) is 2.11. The van der Waals surface area contributed by atoms with Gasteiger partial charge >= 0.3 is 0 Å². The first-order valence-corrected chi connectivity index (χ1v) is 5.68. The maximum absolute atomic E-state index is 8.93. The molecule has 1 fully saturated rings. The van der Waals surface area contributed by atoms with Crippen molar-refractivity contribution in [1.29, 1.82) is 0 Å². The molecular formula is C12H14N2O3. The Labute approximate surface area is 98.6 Å². The molecule has 1 N–H and O–H groups in total. The van der Waals surface area contributed by atoms with Crippen LogP contribution in [0.1, 0.15) is 5.69 Å². The van der Waals surface area contributed by atoms with Crippen LogP contribution in [0.25, 0.3) is 11.5 Å². The lowest BCUT2D eigenvalue weighted by molar-refractivity contribution is 0.0463. The fraction of sp³-hybridized carbons (Fsp3) is 0.417. The third-order valence-corrected chi connectivity index (χ3v) is 3.00. The number of aliphatic hydroxyl groups is 1. The zero-order valence-electron chi connectivity index (χ0n) is 9.37. The molecule has 0 spiro atoms. The molecule has 0 unspecified atom stereocenters. The van der Waals surface area contributed by atoms with E-state index < -0.39 is 0 Å². The van der Waals surface area contributed by atoms with E-state index in [0.29, 0.717) is 17.4 Å². The zero-order valence-corrected chi connectivity index (χ0v) is 9.37. The quantitative estimate of drug-likeness (QED) is 0.865. The second-order valence-corrected chi connectivity index (χ2v) is 4.40. The second kappa shape index (κ2) is 4.35. The molecule has 0 atom stereocenters. The van der Waals surface area contributed by atoms with E-state index in [9.17, 15) is 0 Å². The Morgan fingerprint density at radius 3 is 3.00 bits per heavy atom. The van der Waals surface area contributed by atoms with Gasteiger partial charge in [-0.15, -0.1) is 0 Å². The van der Waals surface area contributed by atoms with Crippen LogP contribution in [0.4, 0.5) is 0 Å². The molecule has 2 aromatic rings. The van der Waals surface area contributed by atoms with Crippen LogP contribution in [0.5, 0.6) is 0 Å². The molecule has 3 heterocycles. The summed E-state index contributed by atoms with van der Waals surface area (Å²) in [5.74, 6) is 1.77. The van der Waals surface area contributed by atoms with Gasteiger partial charge in [0, 0.05) is 38.2 Å². The molecule has 0 aromatic carbocycles. The van der Waals surface area contributed by atoms with E-state index in [1.165, 1.54) is 0 Å². The highest BCUT2D eigenvalue weighted by Gasteiger charge is 2.26. The van der Waals surface area contributed by atoms with Crippen molar-refractivity contribution in [3.63, 3.8) is 0 Å². The van der Waals surface area contributed by atoms with Crippen molar-refractivity contribution in [2.75, 3.05) is 19.7 Å². The topological polar surface area (TPSA) is 62.6 Å². The van der Waals surface area contributed by atoms with Gasteiger partial charge in [0.05, 0.1) is 12.0 Å². The van der Waals surface area contributed by atoms with Gasteiger partial charge in [0.15, 0.2) is 5.76 Å². The van der Waals surface area contributed by atoms with Crippen molar-refractivity contribution in [2.24, 2.45) is 5.92 Å². The van der Waals surface area contributed by atoms with Crippen molar-refractivity contribution in [3.8, 4) is 11.5 Å². The van der Waals surface area contributed by atoms with Crippen LogP contribution in [0.2, 0.25) is 0 Å². The number of aromatic nitrogens is 1. The van der Waals surface area contributed by atoms with Gasteiger partial charge in [0.25, 0.3) is 0 Å². The van der Waals surface area contributed by atoms with Crippen LogP contribution in [-0.2, 0) is 6.54 Å². The van der Waals surface area contributed by atoms with Crippen molar-refractivity contribution in [1.82, 2.24) is 10.1 Å². The van der Waals surface area contributed by atoms with E-state index in [2.05, 4.69) is 10.1 Å². The summed E-state index contributed by atoms with van der Waals surface area (Å²) in [6.07, 6.45) is 1.61. The van der Waals surface area contributed by atoms with Gasteiger partial charge in [-0.25, -0.2) is 0 Å². The third-order valence-electron chi connectivity index (χ3n) is 3.00. The van der Waals surface area contributed by atoms with E-state index >= 15 is 0 Å². The van der Waals surface area contributed by atoms with Gasteiger partial charge in [-0.3, -0.25) is 4.90 Å². The summed E-state index contributed by atoms with van der Waals surface area (Å²) < 4.78 is 10.4. The summed E-state index contributed by atoms with van der Waals surface area (Å²) >= 11 is 0. The molecule has 17 heavy (non-hydrogen) atoms. The first-order valence-electron chi connectivity index (χ1n) is 5.68. The second-order valence-electron chi connectivity index (χ2n) is 4.40. The number of furan rings is 1. The number of likely N-dealkylation sites (tertiary alicyclic amines) is 1. The van der Waals surface area contributed by atoms with E-state index in [1.54, 1.807) is 6.26 Å². The summed E-state index contributed by atoms with van der Waals surface area (Å²) in [5.41, 5.74) is 0.896. The molecular weight excluding hydrogens is 220 g/mol. The van der Waals surface area contributed by atoms with Crippen LogP contribution in [0, 0.1) is 5.92 Å². The van der Waals surface area contributed by atoms with Crippen molar-refractivity contribution >= 4 is 0 Å². The van der Waals surface area contributed by atoms with Crippen molar-refractivity contribution in [2.45, 2.75) is 6.54 Å². The number of nitrogens with zero attached hydrogens (tertiary/aromatic N) is 2. The minimum atomic E-state index is 0.271. The summed E-state index contributed by atoms with van der Waals surface area (Å²) in [6, 6.07) is 5.56. The maximum Gasteiger partial charge on any atom is 0.202 e. The fourth-order valence-electron chi connectivity index (χ4n) is 2.07. The van der Waals surface area contributed by atoms with Gasteiger partial charge in [-0.1, -0.05) is 5.16 Å². The Hall–Kier alpha value is -1.59. The lowest BCUT2D eigenvalue weighted by atomic mass is 10.0. The Morgan fingerprint density at radius 2 is 2.29 bits per heavy atom. The van der Waals surface area contributed by atoms with Crippen LogP contribution < -0.4 is 0 Å². The molecule has 0 radical (unpaired) electrons. The van der Waals surface area contributed by atoms with Gasteiger partial charge in [0.1, 0.15) is 0 Å². The largest absolute Gasteiger partial charge is 0.461 e. The Morgan fingerprint density at radius 1 is 1.41 bits per heavy atom. The summed E-state index contributed by atoms with van der Waals surface area (Å²) in [4.78, 5) is 2.23. The number of rotatable bonds is 4. The van der Waals surface area contributed by atoms with Crippen molar-refractivity contribution in [3.05, 3.63) is 30.2 Å². The molecule has 90 valence electrons. The smallest absolute Gasteiger partial charge is 0.202 e. The first-order chi connectivity index (χ1) is 8.35. The molecule has 0 bridgehead atoms. The van der Waals surface area contributed by atoms with Crippen molar-refractivity contribution < 1.29 is 14.0 Å². The number of aliphatic hydroxyl groups excluding tert-OH is 1. The predicted molar refractivity (Wildman–Crippen MR) is 60.1 cm³/mol. The molecule has 0 amide bonds. The molecule has 1 saturated heterocycles. The molecule has 5 heteroatoms. The zero-order chi connectivity index (χ0) is 11.7. The predicted octanol–water partition coefficient (Wildman–Crippen LogP) is 1.36. The van der Waals surface area contributed by atoms with Gasteiger partial charge < -0.3 is 14.0 Å². The van der Waals surface area contributed by atoms with Crippen LogP contribution in [0.15, 0.2) is 33.4 Å². The summed E-state index contributed by atoms with van der Waals surface area (Å²) in [5, 5.41) is 12.9. The Bertz CT molecular complexity index is 472. The average molecular weight is 234 g/mol. The van der Waals surface area contributed by atoms with Gasteiger partial charge in [-0.05, 0) is 12.1 Å². The molecule has 0 saturated carbocycles. The van der Waals surface area contributed by atoms with Crippen LogP contribution in [0.3, 0.4) is 0 Å². The van der Waals surface area contributed by atoms with Gasteiger partial charge in [0.2, 0.25) is 5.76 Å². The lowest BCUT2D eigenvalue weighted by Gasteiger charge is -2.37. The highest BCUT2D eigenvalue weighted by molar-refractivity contribution is 5.49. The SMILES string of the molecule is OCC1CN(Cc2cc(-c3ccco3)on2)C1. The maximum atomic E-state index is 8.93. The van der Waals surface area contributed by atoms with Crippen LogP contribution >= 0.6 is 0 Å². The lowest BCUT2D eigenvalue weighted by Crippen LogP contribution is -2.47. The minimum Gasteiger partial charge on any atom is -0.461 e. The van der Waals surface area contributed by atoms with E-state index in [-0.39, 0.29) is 6.61 Å².